The van der Waals surface area contributed by atoms with E-state index in [1.54, 1.807) is 19.9 Å². The molecule has 8 nitrogen and oxygen atoms in total. The minimum Gasteiger partial charge on any atom is -0.396 e. The van der Waals surface area contributed by atoms with Gasteiger partial charge in [0.05, 0.1) is 6.61 Å². The van der Waals surface area contributed by atoms with Crippen LogP contribution in [0.5, 0.6) is 0 Å². The second kappa shape index (κ2) is 7.65. The Balaban J connectivity index is 2.33. The SMILES string of the molecule is CC(C)(CO)[C@@H](O)C(=O)NCCC(=O)Nc1ccncn1. The Hall–Kier alpha value is -2.06. The fraction of sp³-hybridized carbons (Fsp3) is 0.538. The summed E-state index contributed by atoms with van der Waals surface area (Å²) in [7, 11) is 0. The van der Waals surface area contributed by atoms with Gasteiger partial charge in [0.25, 0.3) is 0 Å². The lowest BCUT2D eigenvalue weighted by molar-refractivity contribution is -0.137. The molecular formula is C13H20N4O4. The van der Waals surface area contributed by atoms with Crippen molar-refractivity contribution in [2.45, 2.75) is 26.4 Å². The van der Waals surface area contributed by atoms with Crippen LogP contribution in [0.1, 0.15) is 20.3 Å². The number of rotatable bonds is 7. The van der Waals surface area contributed by atoms with E-state index >= 15 is 0 Å². The number of nitrogens with one attached hydrogen (secondary N) is 2. The van der Waals surface area contributed by atoms with Crippen LogP contribution in [0.3, 0.4) is 0 Å². The molecule has 0 aliphatic carbocycles. The molecule has 8 heteroatoms. The molecule has 1 heterocycles. The highest BCUT2D eigenvalue weighted by atomic mass is 16.3. The van der Waals surface area contributed by atoms with Gasteiger partial charge in [-0.2, -0.15) is 0 Å². The van der Waals surface area contributed by atoms with Crippen LogP contribution in [0.4, 0.5) is 5.82 Å². The minimum absolute atomic E-state index is 0.0437. The topological polar surface area (TPSA) is 124 Å². The van der Waals surface area contributed by atoms with Gasteiger partial charge in [-0.1, -0.05) is 13.8 Å². The number of nitrogens with zero attached hydrogens (tertiary/aromatic N) is 2. The van der Waals surface area contributed by atoms with Crippen LogP contribution in [-0.4, -0.2) is 51.3 Å². The first kappa shape index (κ1) is 17.0. The molecule has 0 aliphatic rings. The number of aliphatic hydroxyl groups excluding tert-OH is 2. The van der Waals surface area contributed by atoms with Gasteiger partial charge in [0, 0.05) is 24.6 Å². The van der Waals surface area contributed by atoms with Gasteiger partial charge < -0.3 is 20.8 Å². The van der Waals surface area contributed by atoms with E-state index in [1.807, 2.05) is 0 Å². The van der Waals surface area contributed by atoms with Crippen molar-refractivity contribution in [2.24, 2.45) is 5.41 Å². The van der Waals surface area contributed by atoms with Gasteiger partial charge in [-0.25, -0.2) is 9.97 Å². The molecule has 1 aromatic heterocycles. The van der Waals surface area contributed by atoms with Crippen LogP contribution in [0.25, 0.3) is 0 Å². The predicted octanol–water partition coefficient (Wildman–Crippen LogP) is -0.699. The van der Waals surface area contributed by atoms with Crippen molar-refractivity contribution in [3.05, 3.63) is 18.6 Å². The van der Waals surface area contributed by atoms with Gasteiger partial charge >= 0.3 is 0 Å². The number of aliphatic hydroxyl groups is 2. The van der Waals surface area contributed by atoms with E-state index in [1.165, 1.54) is 12.5 Å². The van der Waals surface area contributed by atoms with Gasteiger partial charge in [0.15, 0.2) is 0 Å². The number of anilines is 1. The number of amides is 2. The van der Waals surface area contributed by atoms with Crippen LogP contribution in [-0.2, 0) is 9.59 Å². The van der Waals surface area contributed by atoms with Crippen molar-refractivity contribution in [3.8, 4) is 0 Å². The molecule has 116 valence electrons. The molecule has 0 aliphatic heterocycles. The van der Waals surface area contributed by atoms with Crippen LogP contribution in [0, 0.1) is 5.41 Å². The van der Waals surface area contributed by atoms with Crippen LogP contribution >= 0.6 is 0 Å². The Morgan fingerprint density at radius 3 is 2.71 bits per heavy atom. The van der Waals surface area contributed by atoms with E-state index in [0.29, 0.717) is 5.82 Å². The lowest BCUT2D eigenvalue weighted by atomic mass is 9.87. The zero-order chi connectivity index (χ0) is 15.9. The predicted molar refractivity (Wildman–Crippen MR) is 75.2 cm³/mol. The van der Waals surface area contributed by atoms with Crippen molar-refractivity contribution < 1.29 is 19.8 Å². The zero-order valence-electron chi connectivity index (χ0n) is 12.0. The molecule has 0 unspecified atom stereocenters. The number of carbonyl (C=O) groups is 2. The van der Waals surface area contributed by atoms with E-state index in [2.05, 4.69) is 20.6 Å². The first-order valence-corrected chi connectivity index (χ1v) is 6.49. The third kappa shape index (κ3) is 5.44. The summed E-state index contributed by atoms with van der Waals surface area (Å²) in [5.74, 6) is -0.559. The number of carbonyl (C=O) groups excluding carboxylic acids is 2. The Labute approximate surface area is 122 Å². The Bertz CT molecular complexity index is 478. The van der Waals surface area contributed by atoms with E-state index in [0.717, 1.165) is 0 Å². The monoisotopic (exact) mass is 296 g/mol. The molecule has 0 radical (unpaired) electrons. The first-order chi connectivity index (χ1) is 9.86. The minimum atomic E-state index is -1.34. The van der Waals surface area contributed by atoms with E-state index in [4.69, 9.17) is 5.11 Å². The maximum absolute atomic E-state index is 11.7. The number of hydrogen-bond acceptors (Lipinski definition) is 6. The molecule has 0 saturated carbocycles. The van der Waals surface area contributed by atoms with Gasteiger partial charge in [0.2, 0.25) is 11.8 Å². The number of hydrogen-bond donors (Lipinski definition) is 4. The fourth-order valence-corrected chi connectivity index (χ4v) is 1.41. The molecule has 0 bridgehead atoms. The average molecular weight is 296 g/mol. The summed E-state index contributed by atoms with van der Waals surface area (Å²) in [4.78, 5) is 30.8. The van der Waals surface area contributed by atoms with Crippen molar-refractivity contribution in [3.63, 3.8) is 0 Å². The summed E-state index contributed by atoms with van der Waals surface area (Å²) in [6.45, 7) is 2.89. The quantitative estimate of drug-likeness (QED) is 0.527. The Kier molecular flexibility index (Phi) is 6.19. The van der Waals surface area contributed by atoms with Gasteiger partial charge in [-0.3, -0.25) is 9.59 Å². The molecular weight excluding hydrogens is 276 g/mol. The smallest absolute Gasteiger partial charge is 0.249 e. The molecule has 21 heavy (non-hydrogen) atoms. The highest BCUT2D eigenvalue weighted by Crippen LogP contribution is 2.19. The zero-order valence-corrected chi connectivity index (χ0v) is 12.0. The van der Waals surface area contributed by atoms with Crippen molar-refractivity contribution in [2.75, 3.05) is 18.5 Å². The van der Waals surface area contributed by atoms with Crippen LogP contribution in [0.15, 0.2) is 18.6 Å². The molecule has 1 aromatic rings. The second-order valence-electron chi connectivity index (χ2n) is 5.23. The molecule has 0 saturated heterocycles. The largest absolute Gasteiger partial charge is 0.396 e. The number of aromatic nitrogens is 2. The third-order valence-corrected chi connectivity index (χ3v) is 2.90. The molecule has 4 N–H and O–H groups in total. The maximum atomic E-state index is 11.7. The first-order valence-electron chi connectivity index (χ1n) is 6.49. The molecule has 1 atom stereocenters. The summed E-state index contributed by atoms with van der Waals surface area (Å²) in [5.41, 5.74) is -0.937. The average Bonchev–Trinajstić information content (AvgIpc) is 2.47. The van der Waals surface area contributed by atoms with Crippen LogP contribution in [0.2, 0.25) is 0 Å². The van der Waals surface area contributed by atoms with E-state index in [-0.39, 0.29) is 25.5 Å². The highest BCUT2D eigenvalue weighted by molar-refractivity contribution is 5.90. The molecule has 2 amide bonds. The lowest BCUT2D eigenvalue weighted by Gasteiger charge is -2.27. The highest BCUT2D eigenvalue weighted by Gasteiger charge is 2.32. The maximum Gasteiger partial charge on any atom is 0.249 e. The molecule has 0 fully saturated rings. The third-order valence-electron chi connectivity index (χ3n) is 2.90. The van der Waals surface area contributed by atoms with Crippen LogP contribution < -0.4 is 10.6 Å². The fourth-order valence-electron chi connectivity index (χ4n) is 1.41. The second-order valence-corrected chi connectivity index (χ2v) is 5.23. The molecule has 1 rings (SSSR count). The summed E-state index contributed by atoms with van der Waals surface area (Å²) in [5, 5.41) is 23.8. The molecule has 0 aromatic carbocycles. The van der Waals surface area contributed by atoms with Gasteiger partial charge in [0.1, 0.15) is 18.2 Å². The Morgan fingerprint density at radius 1 is 1.43 bits per heavy atom. The van der Waals surface area contributed by atoms with Crippen molar-refractivity contribution in [1.82, 2.24) is 15.3 Å². The van der Waals surface area contributed by atoms with E-state index in [9.17, 15) is 14.7 Å². The Morgan fingerprint density at radius 2 is 2.14 bits per heavy atom. The van der Waals surface area contributed by atoms with Gasteiger partial charge in [-0.05, 0) is 6.07 Å². The standard InChI is InChI=1S/C13H20N4O4/c1-13(2,7-18)11(20)12(21)15-6-4-10(19)17-9-3-5-14-8-16-9/h3,5,8,11,18,20H,4,6-7H2,1-2H3,(H,15,21)(H,14,16,17,19)/t11-/m0/s1. The van der Waals surface area contributed by atoms with E-state index < -0.39 is 17.4 Å². The molecule has 0 spiro atoms. The van der Waals surface area contributed by atoms with Gasteiger partial charge in [-0.15, -0.1) is 0 Å². The summed E-state index contributed by atoms with van der Waals surface area (Å²) in [6, 6.07) is 1.55. The summed E-state index contributed by atoms with van der Waals surface area (Å²) in [6.07, 6.45) is 1.51. The summed E-state index contributed by atoms with van der Waals surface area (Å²) >= 11 is 0. The normalized spacial score (nSPS) is 12.6. The lowest BCUT2D eigenvalue weighted by Crippen LogP contribution is -2.46. The summed E-state index contributed by atoms with van der Waals surface area (Å²) < 4.78 is 0. The van der Waals surface area contributed by atoms with Crippen molar-refractivity contribution >= 4 is 17.6 Å². The van der Waals surface area contributed by atoms with Crippen molar-refractivity contribution in [1.29, 1.82) is 0 Å².